The molecule has 0 saturated carbocycles. The van der Waals surface area contributed by atoms with Crippen LogP contribution in [0.3, 0.4) is 0 Å². The molecular formula is C12H19N3O4S2. The summed E-state index contributed by atoms with van der Waals surface area (Å²) in [6, 6.07) is 0. The lowest BCUT2D eigenvalue weighted by atomic mass is 9.99. The number of carboxylic acids is 1. The van der Waals surface area contributed by atoms with Crippen molar-refractivity contribution in [1.29, 1.82) is 0 Å². The number of carbonyl (C=O) groups is 1. The summed E-state index contributed by atoms with van der Waals surface area (Å²) in [5.41, 5.74) is 0. The van der Waals surface area contributed by atoms with Crippen molar-refractivity contribution in [2.75, 3.05) is 20.1 Å². The molecule has 7 nitrogen and oxygen atoms in total. The summed E-state index contributed by atoms with van der Waals surface area (Å²) < 4.78 is 27.6. The van der Waals surface area contributed by atoms with Gasteiger partial charge in [0.2, 0.25) is 0 Å². The van der Waals surface area contributed by atoms with Gasteiger partial charge in [-0.3, -0.25) is 4.79 Å². The lowest BCUT2D eigenvalue weighted by Gasteiger charge is -2.32. The van der Waals surface area contributed by atoms with E-state index in [0.717, 1.165) is 9.88 Å². The molecule has 1 fully saturated rings. The van der Waals surface area contributed by atoms with E-state index in [1.54, 1.807) is 6.20 Å². The van der Waals surface area contributed by atoms with Gasteiger partial charge in [0.05, 0.1) is 17.5 Å². The van der Waals surface area contributed by atoms with Gasteiger partial charge in [-0.2, -0.15) is 17.0 Å². The maximum atomic E-state index is 12.5. The molecule has 1 saturated heterocycles. The third kappa shape index (κ3) is 3.79. The summed E-state index contributed by atoms with van der Waals surface area (Å²) in [5, 5.41) is 9.85. The van der Waals surface area contributed by atoms with Crippen LogP contribution in [0.2, 0.25) is 0 Å². The first-order valence-corrected chi connectivity index (χ1v) is 8.87. The summed E-state index contributed by atoms with van der Waals surface area (Å²) >= 11 is 1.47. The van der Waals surface area contributed by atoms with E-state index >= 15 is 0 Å². The standard InChI is InChI=1S/C12H19N3O4S2/c1-9-13-7-11(20-9)8-14(2)21(18,19)15-5-3-10(4-6-15)12(16)17/h7,10H,3-6,8H2,1-2H3,(H,16,17). The molecule has 0 aliphatic carbocycles. The molecule has 0 aromatic carbocycles. The van der Waals surface area contributed by atoms with Crippen LogP contribution in [0.15, 0.2) is 6.20 Å². The molecule has 0 amide bonds. The van der Waals surface area contributed by atoms with Gasteiger partial charge in [0.25, 0.3) is 10.2 Å². The average molecular weight is 333 g/mol. The highest BCUT2D eigenvalue weighted by molar-refractivity contribution is 7.86. The van der Waals surface area contributed by atoms with Crippen LogP contribution in [0.25, 0.3) is 0 Å². The van der Waals surface area contributed by atoms with Crippen LogP contribution in [0.4, 0.5) is 0 Å². The fourth-order valence-corrected chi connectivity index (χ4v) is 4.61. The molecule has 118 valence electrons. The molecule has 1 N–H and O–H groups in total. The number of aliphatic carboxylic acids is 1. The molecule has 1 aliphatic heterocycles. The second-order valence-electron chi connectivity index (χ2n) is 5.12. The summed E-state index contributed by atoms with van der Waals surface area (Å²) in [4.78, 5) is 15.9. The predicted molar refractivity (Wildman–Crippen MR) is 79.2 cm³/mol. The molecule has 21 heavy (non-hydrogen) atoms. The molecule has 0 spiro atoms. The minimum Gasteiger partial charge on any atom is -0.481 e. The van der Waals surface area contributed by atoms with Crippen molar-refractivity contribution in [3.05, 3.63) is 16.1 Å². The van der Waals surface area contributed by atoms with E-state index in [4.69, 9.17) is 5.11 Å². The first-order valence-electron chi connectivity index (χ1n) is 6.66. The number of aryl methyl sites for hydroxylation is 1. The Balaban J connectivity index is 1.99. The zero-order chi connectivity index (χ0) is 15.6. The summed E-state index contributed by atoms with van der Waals surface area (Å²) in [5.74, 6) is -1.29. The second-order valence-corrected chi connectivity index (χ2v) is 8.48. The lowest BCUT2D eigenvalue weighted by molar-refractivity contribution is -0.142. The SMILES string of the molecule is Cc1ncc(CN(C)S(=O)(=O)N2CCC(C(=O)O)CC2)s1. The first kappa shape index (κ1) is 16.3. The van der Waals surface area contributed by atoms with Crippen molar-refractivity contribution in [3.8, 4) is 0 Å². The summed E-state index contributed by atoms with van der Waals surface area (Å²) in [6.45, 7) is 2.67. The molecule has 2 rings (SSSR count). The molecule has 0 unspecified atom stereocenters. The Morgan fingerprint density at radius 3 is 2.62 bits per heavy atom. The van der Waals surface area contributed by atoms with E-state index in [9.17, 15) is 13.2 Å². The fraction of sp³-hybridized carbons (Fsp3) is 0.667. The maximum Gasteiger partial charge on any atom is 0.306 e. The zero-order valence-electron chi connectivity index (χ0n) is 12.0. The van der Waals surface area contributed by atoms with Crippen LogP contribution in [0, 0.1) is 12.8 Å². The van der Waals surface area contributed by atoms with E-state index in [1.807, 2.05) is 6.92 Å². The number of piperidine rings is 1. The Morgan fingerprint density at radius 1 is 1.52 bits per heavy atom. The van der Waals surface area contributed by atoms with Gasteiger partial charge in [-0.25, -0.2) is 4.98 Å². The highest BCUT2D eigenvalue weighted by atomic mass is 32.2. The molecule has 1 aromatic rings. The topological polar surface area (TPSA) is 90.8 Å². The molecule has 1 aromatic heterocycles. The largest absolute Gasteiger partial charge is 0.481 e. The number of thiazole rings is 1. The zero-order valence-corrected chi connectivity index (χ0v) is 13.7. The Hall–Kier alpha value is -1.03. The molecule has 1 aliphatic rings. The third-order valence-corrected chi connectivity index (χ3v) is 6.40. The number of carboxylic acid groups (broad SMARTS) is 1. The molecule has 9 heteroatoms. The Labute approximate surface area is 128 Å². The lowest BCUT2D eigenvalue weighted by Crippen LogP contribution is -2.46. The van der Waals surface area contributed by atoms with Crippen LogP contribution in [-0.2, 0) is 21.5 Å². The number of hydrogen-bond acceptors (Lipinski definition) is 5. The van der Waals surface area contributed by atoms with Crippen LogP contribution in [0.5, 0.6) is 0 Å². The Bertz CT molecular complexity index is 606. The highest BCUT2D eigenvalue weighted by Crippen LogP contribution is 2.22. The van der Waals surface area contributed by atoms with Crippen LogP contribution >= 0.6 is 11.3 Å². The smallest absolute Gasteiger partial charge is 0.306 e. The molecule has 0 radical (unpaired) electrons. The van der Waals surface area contributed by atoms with Crippen molar-refractivity contribution in [2.24, 2.45) is 5.92 Å². The van der Waals surface area contributed by atoms with Crippen LogP contribution in [-0.4, -0.2) is 53.2 Å². The van der Waals surface area contributed by atoms with Gasteiger partial charge in [-0.05, 0) is 19.8 Å². The number of rotatable bonds is 5. The van der Waals surface area contributed by atoms with Gasteiger partial charge in [0.15, 0.2) is 0 Å². The Morgan fingerprint density at radius 2 is 2.14 bits per heavy atom. The predicted octanol–water partition coefficient (Wildman–Crippen LogP) is 0.925. The second kappa shape index (κ2) is 6.39. The van der Waals surface area contributed by atoms with Crippen molar-refractivity contribution in [2.45, 2.75) is 26.3 Å². The molecule has 2 heterocycles. The summed E-state index contributed by atoms with van der Waals surface area (Å²) in [7, 11) is -2.01. The van der Waals surface area contributed by atoms with Gasteiger partial charge in [-0.15, -0.1) is 11.3 Å². The molecule has 0 bridgehead atoms. The molecular weight excluding hydrogens is 314 g/mol. The van der Waals surface area contributed by atoms with Gasteiger partial charge in [0, 0.05) is 31.2 Å². The van der Waals surface area contributed by atoms with Gasteiger partial charge in [0.1, 0.15) is 0 Å². The van der Waals surface area contributed by atoms with Crippen molar-refractivity contribution >= 4 is 27.5 Å². The Kier molecular flexibility index (Phi) is 4.97. The monoisotopic (exact) mass is 333 g/mol. The van der Waals surface area contributed by atoms with E-state index in [0.29, 0.717) is 12.8 Å². The molecule has 0 atom stereocenters. The quantitative estimate of drug-likeness (QED) is 0.865. The van der Waals surface area contributed by atoms with Crippen LogP contribution in [0.1, 0.15) is 22.7 Å². The third-order valence-electron chi connectivity index (χ3n) is 3.57. The minimum absolute atomic E-state index is 0.255. The van der Waals surface area contributed by atoms with Crippen LogP contribution < -0.4 is 0 Å². The number of hydrogen-bond donors (Lipinski definition) is 1. The van der Waals surface area contributed by atoms with Gasteiger partial charge < -0.3 is 5.11 Å². The highest BCUT2D eigenvalue weighted by Gasteiger charge is 2.33. The van der Waals surface area contributed by atoms with Gasteiger partial charge in [-0.1, -0.05) is 0 Å². The van der Waals surface area contributed by atoms with Crippen molar-refractivity contribution < 1.29 is 18.3 Å². The minimum atomic E-state index is -3.55. The van der Waals surface area contributed by atoms with E-state index in [-0.39, 0.29) is 19.6 Å². The van der Waals surface area contributed by atoms with Crippen molar-refractivity contribution in [1.82, 2.24) is 13.6 Å². The van der Waals surface area contributed by atoms with E-state index in [2.05, 4.69) is 4.98 Å². The number of nitrogens with zero attached hydrogens (tertiary/aromatic N) is 3. The number of aromatic nitrogens is 1. The van der Waals surface area contributed by atoms with E-state index < -0.39 is 22.1 Å². The summed E-state index contributed by atoms with van der Waals surface area (Å²) in [6.07, 6.45) is 2.41. The van der Waals surface area contributed by atoms with E-state index in [1.165, 1.54) is 27.0 Å². The maximum absolute atomic E-state index is 12.5. The van der Waals surface area contributed by atoms with Crippen molar-refractivity contribution in [3.63, 3.8) is 0 Å². The fourth-order valence-electron chi connectivity index (χ4n) is 2.31. The normalized spacial score (nSPS) is 18.2. The van der Waals surface area contributed by atoms with Gasteiger partial charge >= 0.3 is 5.97 Å². The first-order chi connectivity index (χ1) is 9.80. The average Bonchev–Trinajstić information content (AvgIpc) is 2.84.